The van der Waals surface area contributed by atoms with Crippen LogP contribution in [-0.4, -0.2) is 37.9 Å². The number of rotatable bonds is 7. The molecule has 1 aromatic rings. The number of ketones is 1. The molecular weight excluding hydrogens is 233 g/mol. The zero-order valence-corrected chi connectivity index (χ0v) is 11.2. The molecule has 0 fully saturated rings. The van der Waals surface area contributed by atoms with E-state index >= 15 is 0 Å². The van der Waals surface area contributed by atoms with Gasteiger partial charge in [-0.15, -0.1) is 0 Å². The minimum atomic E-state index is -0.421. The number of carbonyl (C=O) groups is 1. The van der Waals surface area contributed by atoms with Gasteiger partial charge in [-0.3, -0.25) is 9.69 Å². The average Bonchev–Trinajstić information content (AvgIpc) is 2.36. The Bertz CT molecular complexity index is 407. The van der Waals surface area contributed by atoms with Crippen molar-refractivity contribution in [3.8, 4) is 5.75 Å². The molecule has 100 valence electrons. The second-order valence-corrected chi connectivity index (χ2v) is 4.36. The first-order chi connectivity index (χ1) is 8.58. The molecule has 0 atom stereocenters. The first-order valence-electron chi connectivity index (χ1n) is 6.13. The molecule has 0 spiro atoms. The molecule has 0 aliphatic heterocycles. The van der Waals surface area contributed by atoms with Crippen LogP contribution >= 0.6 is 0 Å². The van der Waals surface area contributed by atoms with Crippen LogP contribution in [0.25, 0.3) is 0 Å². The molecule has 3 nitrogen and oxygen atoms in total. The maximum atomic E-state index is 13.2. The van der Waals surface area contributed by atoms with Gasteiger partial charge in [0, 0.05) is 0 Å². The number of hydrogen-bond acceptors (Lipinski definition) is 3. The minimum absolute atomic E-state index is 0.120. The van der Waals surface area contributed by atoms with Crippen LogP contribution in [0.5, 0.6) is 5.75 Å². The van der Waals surface area contributed by atoms with Crippen molar-refractivity contribution >= 4 is 5.78 Å². The molecule has 0 aliphatic rings. The van der Waals surface area contributed by atoms with Gasteiger partial charge < -0.3 is 4.74 Å². The van der Waals surface area contributed by atoms with Crippen LogP contribution in [0.1, 0.15) is 30.1 Å². The Kier molecular flexibility index (Phi) is 5.78. The van der Waals surface area contributed by atoms with E-state index in [0.717, 1.165) is 19.4 Å². The quantitative estimate of drug-likeness (QED) is 0.700. The number of hydrogen-bond donors (Lipinski definition) is 0. The number of ether oxygens (including phenoxy) is 1. The summed E-state index contributed by atoms with van der Waals surface area (Å²) in [5, 5.41) is 0. The molecule has 0 radical (unpaired) electrons. The topological polar surface area (TPSA) is 29.5 Å². The van der Waals surface area contributed by atoms with E-state index in [4.69, 9.17) is 4.74 Å². The standard InChI is InChI=1S/C14H20FNO2/c1-4-5-8-16(2)10-13(17)12-9-11(15)6-7-14(12)18-3/h6-7,9H,4-5,8,10H2,1-3H3. The molecule has 0 unspecified atom stereocenters. The van der Waals surface area contributed by atoms with Gasteiger partial charge in [0.25, 0.3) is 0 Å². The smallest absolute Gasteiger partial charge is 0.180 e. The molecule has 0 saturated carbocycles. The van der Waals surface area contributed by atoms with E-state index in [1.54, 1.807) is 0 Å². The van der Waals surface area contributed by atoms with Crippen molar-refractivity contribution in [2.45, 2.75) is 19.8 Å². The Morgan fingerprint density at radius 2 is 2.17 bits per heavy atom. The van der Waals surface area contributed by atoms with Gasteiger partial charge in [0.15, 0.2) is 5.78 Å². The summed E-state index contributed by atoms with van der Waals surface area (Å²) in [6, 6.07) is 4.00. The minimum Gasteiger partial charge on any atom is -0.496 e. The fourth-order valence-electron chi connectivity index (χ4n) is 1.74. The van der Waals surface area contributed by atoms with Crippen molar-refractivity contribution in [1.82, 2.24) is 4.90 Å². The van der Waals surface area contributed by atoms with Crippen LogP contribution in [0.3, 0.4) is 0 Å². The number of likely N-dealkylation sites (N-methyl/N-ethyl adjacent to an activating group) is 1. The van der Waals surface area contributed by atoms with Gasteiger partial charge in [0.2, 0.25) is 0 Å². The van der Waals surface area contributed by atoms with Crippen LogP contribution < -0.4 is 4.74 Å². The first kappa shape index (κ1) is 14.6. The number of methoxy groups -OCH3 is 1. The summed E-state index contributed by atoms with van der Waals surface area (Å²) in [5.74, 6) is -0.120. The summed E-state index contributed by atoms with van der Waals surface area (Å²) >= 11 is 0. The number of benzene rings is 1. The molecule has 0 heterocycles. The number of Topliss-reactive ketones (excluding diaryl/α,β-unsaturated/α-hetero) is 1. The molecule has 0 saturated heterocycles. The van der Waals surface area contributed by atoms with Crippen molar-refractivity contribution in [3.05, 3.63) is 29.6 Å². The van der Waals surface area contributed by atoms with E-state index < -0.39 is 5.82 Å². The molecular formula is C14H20FNO2. The van der Waals surface area contributed by atoms with E-state index in [2.05, 4.69) is 6.92 Å². The molecule has 0 N–H and O–H groups in total. The fourth-order valence-corrected chi connectivity index (χ4v) is 1.74. The number of carbonyl (C=O) groups excluding carboxylic acids is 1. The maximum absolute atomic E-state index is 13.2. The highest BCUT2D eigenvalue weighted by Gasteiger charge is 2.15. The van der Waals surface area contributed by atoms with E-state index in [9.17, 15) is 9.18 Å². The molecule has 0 aromatic heterocycles. The predicted octanol–water partition coefficient (Wildman–Crippen LogP) is 2.75. The van der Waals surface area contributed by atoms with Gasteiger partial charge >= 0.3 is 0 Å². The van der Waals surface area contributed by atoms with Crippen LogP contribution in [0.15, 0.2) is 18.2 Å². The lowest BCUT2D eigenvalue weighted by Gasteiger charge is -2.16. The number of nitrogens with zero attached hydrogens (tertiary/aromatic N) is 1. The zero-order chi connectivity index (χ0) is 13.5. The van der Waals surface area contributed by atoms with Gasteiger partial charge in [-0.05, 0) is 38.2 Å². The summed E-state index contributed by atoms with van der Waals surface area (Å²) in [6.07, 6.45) is 2.13. The molecule has 0 amide bonds. The van der Waals surface area contributed by atoms with Crippen molar-refractivity contribution in [1.29, 1.82) is 0 Å². The van der Waals surface area contributed by atoms with Crippen LogP contribution in [0.2, 0.25) is 0 Å². The predicted molar refractivity (Wildman–Crippen MR) is 69.7 cm³/mol. The third kappa shape index (κ3) is 4.11. The van der Waals surface area contributed by atoms with Gasteiger partial charge in [-0.2, -0.15) is 0 Å². The molecule has 0 aliphatic carbocycles. The van der Waals surface area contributed by atoms with E-state index in [-0.39, 0.29) is 12.3 Å². The number of halogens is 1. The SMILES string of the molecule is CCCCN(C)CC(=O)c1cc(F)ccc1OC. The van der Waals surface area contributed by atoms with E-state index in [0.29, 0.717) is 11.3 Å². The second-order valence-electron chi connectivity index (χ2n) is 4.36. The lowest BCUT2D eigenvalue weighted by Crippen LogP contribution is -2.27. The van der Waals surface area contributed by atoms with E-state index in [1.807, 2.05) is 11.9 Å². The molecule has 1 aromatic carbocycles. The zero-order valence-electron chi connectivity index (χ0n) is 11.2. The Hall–Kier alpha value is -1.42. The lowest BCUT2D eigenvalue weighted by molar-refractivity contribution is 0.0942. The normalized spacial score (nSPS) is 10.7. The van der Waals surface area contributed by atoms with Crippen molar-refractivity contribution in [3.63, 3.8) is 0 Å². The van der Waals surface area contributed by atoms with Crippen LogP contribution in [0, 0.1) is 5.82 Å². The lowest BCUT2D eigenvalue weighted by atomic mass is 10.1. The van der Waals surface area contributed by atoms with Crippen molar-refractivity contribution < 1.29 is 13.9 Å². The Labute approximate surface area is 108 Å². The van der Waals surface area contributed by atoms with Crippen LogP contribution in [0.4, 0.5) is 4.39 Å². The third-order valence-electron chi connectivity index (χ3n) is 2.77. The van der Waals surface area contributed by atoms with Gasteiger partial charge in [-0.1, -0.05) is 13.3 Å². The Balaban J connectivity index is 2.74. The van der Waals surface area contributed by atoms with E-state index in [1.165, 1.54) is 25.3 Å². The van der Waals surface area contributed by atoms with Gasteiger partial charge in [0.05, 0.1) is 19.2 Å². The second kappa shape index (κ2) is 7.11. The van der Waals surface area contributed by atoms with Crippen LogP contribution in [-0.2, 0) is 0 Å². The Morgan fingerprint density at radius 1 is 1.44 bits per heavy atom. The molecule has 4 heteroatoms. The Morgan fingerprint density at radius 3 is 2.78 bits per heavy atom. The summed E-state index contributed by atoms with van der Waals surface area (Å²) in [4.78, 5) is 14.0. The monoisotopic (exact) mass is 253 g/mol. The average molecular weight is 253 g/mol. The summed E-state index contributed by atoms with van der Waals surface area (Å²) in [6.45, 7) is 3.24. The first-order valence-corrected chi connectivity index (χ1v) is 6.13. The number of unbranched alkanes of at least 4 members (excludes halogenated alkanes) is 1. The molecule has 1 rings (SSSR count). The summed E-state index contributed by atoms with van der Waals surface area (Å²) < 4.78 is 18.2. The molecule has 18 heavy (non-hydrogen) atoms. The van der Waals surface area contributed by atoms with Gasteiger partial charge in [-0.25, -0.2) is 4.39 Å². The fraction of sp³-hybridized carbons (Fsp3) is 0.500. The maximum Gasteiger partial charge on any atom is 0.180 e. The largest absolute Gasteiger partial charge is 0.496 e. The summed E-state index contributed by atoms with van der Waals surface area (Å²) in [7, 11) is 3.37. The highest BCUT2D eigenvalue weighted by atomic mass is 19.1. The highest BCUT2D eigenvalue weighted by Crippen LogP contribution is 2.20. The van der Waals surface area contributed by atoms with Gasteiger partial charge in [0.1, 0.15) is 11.6 Å². The van der Waals surface area contributed by atoms with Crippen molar-refractivity contribution in [2.75, 3.05) is 27.2 Å². The highest BCUT2D eigenvalue weighted by molar-refractivity contribution is 6.00. The molecule has 0 bridgehead atoms. The van der Waals surface area contributed by atoms with Crippen molar-refractivity contribution in [2.24, 2.45) is 0 Å². The third-order valence-corrected chi connectivity index (χ3v) is 2.77. The summed E-state index contributed by atoms with van der Waals surface area (Å²) in [5.41, 5.74) is 0.306.